The van der Waals surface area contributed by atoms with Gasteiger partial charge in [-0.1, -0.05) is 117 Å². The number of hydrogen-bond donors (Lipinski definition) is 0. The minimum Gasteiger partial charge on any atom is -0.181 e. The van der Waals surface area contributed by atoms with Crippen molar-refractivity contribution in [2.45, 2.75) is 136 Å². The summed E-state index contributed by atoms with van der Waals surface area (Å²) in [5.74, 6) is 0. The lowest BCUT2D eigenvalue weighted by molar-refractivity contribution is 0.617. The van der Waals surface area contributed by atoms with Crippen molar-refractivity contribution >= 4 is 28.6 Å². The molecule has 0 saturated heterocycles. The molecule has 0 N–H and O–H groups in total. The van der Waals surface area contributed by atoms with E-state index in [0.717, 1.165) is 9.55 Å². The first-order valence-corrected chi connectivity index (χ1v) is 17.4. The number of rotatable bonds is 21. The van der Waals surface area contributed by atoms with Crippen LogP contribution in [0.15, 0.2) is 0 Å². The van der Waals surface area contributed by atoms with Crippen LogP contribution in [0.1, 0.15) is 136 Å². The molecule has 0 aromatic carbocycles. The van der Waals surface area contributed by atoms with Gasteiger partial charge in [0.05, 0.1) is 0 Å². The van der Waals surface area contributed by atoms with E-state index in [2.05, 4.69) is 20.8 Å². The second-order valence-corrected chi connectivity index (χ2v) is 10.8. The summed E-state index contributed by atoms with van der Waals surface area (Å²) < 4.78 is 0. The van der Waals surface area contributed by atoms with Crippen LogP contribution in [-0.2, 0) is 0 Å². The Kier molecular flexibility index (Phi) is 32.5. The molecule has 0 rings (SSSR count). The number of halogens is 1. The van der Waals surface area contributed by atoms with Crippen molar-refractivity contribution in [3.05, 3.63) is 0 Å². The van der Waals surface area contributed by atoms with Crippen molar-refractivity contribution in [3.63, 3.8) is 0 Å². The summed E-state index contributed by atoms with van der Waals surface area (Å²) in [6.45, 7) is 6.96. The lowest BCUT2D eigenvalue weighted by Crippen LogP contribution is -1.97. The molecule has 0 atom stereocenters. The molecule has 0 fully saturated rings. The van der Waals surface area contributed by atoms with Crippen LogP contribution < -0.4 is 0 Å². The molecule has 166 valence electrons. The highest BCUT2D eigenvalue weighted by Gasteiger charge is 2.07. The van der Waals surface area contributed by atoms with Gasteiger partial charge in [0.1, 0.15) is 9.55 Å². The Balaban J connectivity index is 0. The minimum absolute atomic E-state index is 0.366. The number of unbranched alkanes of at least 4 members (excludes halogenated alkanes) is 15. The summed E-state index contributed by atoms with van der Waals surface area (Å²) in [7, 11) is 1.14. The fourth-order valence-electron chi connectivity index (χ4n) is 3.68. The highest BCUT2D eigenvalue weighted by Crippen LogP contribution is 2.39. The lowest BCUT2D eigenvalue weighted by atomic mass is 10.1. The van der Waals surface area contributed by atoms with Gasteiger partial charge < -0.3 is 0 Å². The topological polar surface area (TPSA) is 0 Å². The van der Waals surface area contributed by atoms with Crippen molar-refractivity contribution in [2.75, 3.05) is 18.5 Å². The van der Waals surface area contributed by atoms with E-state index in [0.29, 0.717) is 7.92 Å². The predicted molar refractivity (Wildman–Crippen MR) is 137 cm³/mol. The zero-order valence-electron chi connectivity index (χ0n) is 19.7. The van der Waals surface area contributed by atoms with Gasteiger partial charge in [0.2, 0.25) is 0 Å². The molecule has 0 nitrogen and oxygen atoms in total. The van der Waals surface area contributed by atoms with Crippen molar-refractivity contribution in [2.24, 2.45) is 0 Å². The van der Waals surface area contributed by atoms with Crippen molar-refractivity contribution in [1.29, 1.82) is 0 Å². The zero-order valence-corrected chi connectivity index (χ0v) is 23.3. The van der Waals surface area contributed by atoms with E-state index in [9.17, 15) is 0 Å². The Morgan fingerprint density at radius 1 is 0.407 bits per heavy atom. The van der Waals surface area contributed by atoms with Gasteiger partial charge in [-0.2, -0.15) is 11.1 Å². The first-order valence-electron chi connectivity index (χ1n) is 12.4. The molecule has 0 heterocycles. The summed E-state index contributed by atoms with van der Waals surface area (Å²) >= 11 is 4.78. The molecule has 27 heavy (non-hydrogen) atoms. The largest absolute Gasteiger partial charge is 0.181 e. The molecule has 0 amide bonds. The molecule has 0 unspecified atom stereocenters. The predicted octanol–water partition coefficient (Wildman–Crippen LogP) is 9.06. The van der Waals surface area contributed by atoms with Gasteiger partial charge >= 0.3 is 0 Å². The molecule has 0 aromatic rings. The summed E-state index contributed by atoms with van der Waals surface area (Å²) in [5.41, 5.74) is 0. The molecule has 0 aliphatic heterocycles. The molecule has 0 aliphatic rings. The van der Waals surface area contributed by atoms with Crippen molar-refractivity contribution in [1.82, 2.24) is 0 Å². The van der Waals surface area contributed by atoms with E-state index in [1.165, 1.54) is 116 Å². The molecule has 0 aliphatic carbocycles. The maximum absolute atomic E-state index is 4.78. The third-order valence-electron chi connectivity index (χ3n) is 5.48. The van der Waals surface area contributed by atoms with Gasteiger partial charge in [0, 0.05) is 0 Å². The molecule has 0 bridgehead atoms. The maximum atomic E-state index is 4.78. The van der Waals surface area contributed by atoms with Crippen LogP contribution >= 0.6 is 19.0 Å². The average Bonchev–Trinajstić information content (AvgIpc) is 2.70. The van der Waals surface area contributed by atoms with E-state index in [1.54, 1.807) is 18.5 Å². The van der Waals surface area contributed by atoms with Crippen LogP contribution in [-0.4, -0.2) is 28.0 Å². The fourth-order valence-corrected chi connectivity index (χ4v) is 6.37. The van der Waals surface area contributed by atoms with Crippen molar-refractivity contribution in [3.8, 4) is 0 Å². The zero-order chi connectivity index (χ0) is 20.4. The van der Waals surface area contributed by atoms with E-state index >= 15 is 0 Å². The van der Waals surface area contributed by atoms with Crippen LogP contribution in [0.4, 0.5) is 0 Å². The third-order valence-corrected chi connectivity index (χ3v) is 8.33. The molecule has 0 saturated carbocycles. The SMILES string of the molecule is CCCCCCCCP(CCCCCCCC)CCCCCCCC.[SiH3]Cl. The highest BCUT2D eigenvalue weighted by atomic mass is 35.6. The van der Waals surface area contributed by atoms with Gasteiger partial charge in [-0.25, -0.2) is 0 Å². The molecule has 0 radical (unpaired) electrons. The molecule has 0 spiro atoms. The normalized spacial score (nSPS) is 11.0. The Bertz CT molecular complexity index is 200. The summed E-state index contributed by atoms with van der Waals surface area (Å²) in [4.78, 5) is 0. The van der Waals surface area contributed by atoms with Gasteiger partial charge in [0.25, 0.3) is 0 Å². The Hall–Kier alpha value is 0.937. The summed E-state index contributed by atoms with van der Waals surface area (Å²) in [6, 6.07) is 0. The van der Waals surface area contributed by atoms with Crippen LogP contribution in [0.5, 0.6) is 0 Å². The van der Waals surface area contributed by atoms with E-state index in [1.807, 2.05) is 0 Å². The van der Waals surface area contributed by atoms with E-state index in [4.69, 9.17) is 11.1 Å². The van der Waals surface area contributed by atoms with Gasteiger partial charge in [-0.15, -0.1) is 7.92 Å². The average molecular weight is 437 g/mol. The van der Waals surface area contributed by atoms with Crippen molar-refractivity contribution < 1.29 is 0 Å². The van der Waals surface area contributed by atoms with E-state index < -0.39 is 0 Å². The Morgan fingerprint density at radius 2 is 0.630 bits per heavy atom. The Labute approximate surface area is 183 Å². The third kappa shape index (κ3) is 26.9. The molecule has 3 heteroatoms. The second-order valence-electron chi connectivity index (χ2n) is 8.14. The standard InChI is InChI=1S/C24H51P.ClH3Si/c1-4-7-10-13-16-19-22-25(23-20-17-14-11-8-5-2)24-21-18-15-12-9-6-3;1-2/h4-24H2,1-3H3;2H3. The highest BCUT2D eigenvalue weighted by molar-refractivity contribution is 7.57. The molecule has 0 aromatic heterocycles. The number of hydrogen-bond acceptors (Lipinski definition) is 0. The van der Waals surface area contributed by atoms with Crippen LogP contribution in [0.2, 0.25) is 0 Å². The fraction of sp³-hybridized carbons (Fsp3) is 1.00. The second kappa shape index (κ2) is 29.1. The molecular weight excluding hydrogens is 383 g/mol. The lowest BCUT2D eigenvalue weighted by Gasteiger charge is -2.18. The van der Waals surface area contributed by atoms with Crippen LogP contribution in [0.25, 0.3) is 0 Å². The van der Waals surface area contributed by atoms with Gasteiger partial charge in [-0.05, 0) is 37.7 Å². The van der Waals surface area contributed by atoms with Crippen LogP contribution in [0.3, 0.4) is 0 Å². The monoisotopic (exact) mass is 436 g/mol. The smallest absolute Gasteiger partial charge is 0.109 e. The van der Waals surface area contributed by atoms with Gasteiger partial charge in [0.15, 0.2) is 0 Å². The van der Waals surface area contributed by atoms with E-state index in [-0.39, 0.29) is 0 Å². The minimum atomic E-state index is 0.366. The van der Waals surface area contributed by atoms with Crippen LogP contribution in [0, 0.1) is 0 Å². The summed E-state index contributed by atoms with van der Waals surface area (Å²) in [5, 5.41) is 0. The Morgan fingerprint density at radius 3 is 0.889 bits per heavy atom. The first-order chi connectivity index (χ1) is 13.3. The maximum Gasteiger partial charge on any atom is 0.109 e. The summed E-state index contributed by atoms with van der Waals surface area (Å²) in [6.07, 6.45) is 31.2. The molecular formula is C24H54ClPSi. The van der Waals surface area contributed by atoms with Gasteiger partial charge in [-0.3, -0.25) is 0 Å². The quantitative estimate of drug-likeness (QED) is 0.0727. The first kappa shape index (κ1) is 30.1.